The minimum Gasteiger partial charge on any atom is -0.441 e. The van der Waals surface area contributed by atoms with E-state index in [2.05, 4.69) is 37.0 Å². The lowest BCUT2D eigenvalue weighted by atomic mass is 9.95. The van der Waals surface area contributed by atoms with Gasteiger partial charge in [0, 0.05) is 6.92 Å². The third-order valence-electron chi connectivity index (χ3n) is 3.33. The van der Waals surface area contributed by atoms with E-state index >= 15 is 0 Å². The van der Waals surface area contributed by atoms with E-state index in [1.54, 1.807) is 0 Å². The van der Waals surface area contributed by atoms with Gasteiger partial charge in [0.1, 0.15) is 5.52 Å². The molecule has 0 N–H and O–H groups in total. The molecule has 2 rings (SSSR count). The summed E-state index contributed by atoms with van der Waals surface area (Å²) in [4.78, 5) is 4.32. The van der Waals surface area contributed by atoms with Crippen LogP contribution in [-0.2, 0) is 0 Å². The van der Waals surface area contributed by atoms with E-state index in [4.69, 9.17) is 4.42 Å². The Kier molecular flexibility index (Phi) is 3.82. The fourth-order valence-corrected chi connectivity index (χ4v) is 2.23. The van der Waals surface area contributed by atoms with Crippen molar-refractivity contribution in [2.45, 2.75) is 52.4 Å². The summed E-state index contributed by atoms with van der Waals surface area (Å²) in [5.41, 5.74) is 3.25. The highest BCUT2D eigenvalue weighted by atomic mass is 16.3. The van der Waals surface area contributed by atoms with Crippen LogP contribution in [0.3, 0.4) is 0 Å². The number of nitrogens with zero attached hydrogens (tertiary/aromatic N) is 1. The standard InChI is InChI=1S/C15H21NO/c1-4-5-6-7-11(2)13-8-9-14-15(10-13)17-12(3)16-14/h8-11H,4-7H2,1-3H3. The molecule has 17 heavy (non-hydrogen) atoms. The zero-order chi connectivity index (χ0) is 12.3. The van der Waals surface area contributed by atoms with E-state index in [1.165, 1.54) is 31.2 Å². The number of rotatable bonds is 5. The monoisotopic (exact) mass is 231 g/mol. The van der Waals surface area contributed by atoms with Gasteiger partial charge in [0.25, 0.3) is 0 Å². The van der Waals surface area contributed by atoms with Crippen molar-refractivity contribution in [3.8, 4) is 0 Å². The number of oxazole rings is 1. The quantitative estimate of drug-likeness (QED) is 0.689. The largest absolute Gasteiger partial charge is 0.441 e. The van der Waals surface area contributed by atoms with Crippen molar-refractivity contribution in [1.29, 1.82) is 0 Å². The number of hydrogen-bond acceptors (Lipinski definition) is 2. The maximum Gasteiger partial charge on any atom is 0.192 e. The molecule has 0 aliphatic carbocycles. The van der Waals surface area contributed by atoms with Crippen LogP contribution in [0.15, 0.2) is 22.6 Å². The average molecular weight is 231 g/mol. The summed E-state index contributed by atoms with van der Waals surface area (Å²) < 4.78 is 5.57. The molecule has 2 aromatic rings. The Balaban J connectivity index is 2.12. The summed E-state index contributed by atoms with van der Waals surface area (Å²) >= 11 is 0. The zero-order valence-corrected chi connectivity index (χ0v) is 11.0. The van der Waals surface area contributed by atoms with Crippen molar-refractivity contribution < 1.29 is 4.42 Å². The highest BCUT2D eigenvalue weighted by Crippen LogP contribution is 2.25. The second kappa shape index (κ2) is 5.35. The normalized spacial score (nSPS) is 13.1. The van der Waals surface area contributed by atoms with Gasteiger partial charge < -0.3 is 4.42 Å². The third kappa shape index (κ3) is 2.87. The van der Waals surface area contributed by atoms with Crippen LogP contribution in [0.4, 0.5) is 0 Å². The van der Waals surface area contributed by atoms with Gasteiger partial charge in [0.2, 0.25) is 0 Å². The Labute approximate surface area is 103 Å². The molecule has 0 aliphatic heterocycles. The summed E-state index contributed by atoms with van der Waals surface area (Å²) in [5.74, 6) is 1.35. The first-order chi connectivity index (χ1) is 8.20. The van der Waals surface area contributed by atoms with Gasteiger partial charge in [-0.2, -0.15) is 0 Å². The van der Waals surface area contributed by atoms with Crippen molar-refractivity contribution in [1.82, 2.24) is 4.98 Å². The summed E-state index contributed by atoms with van der Waals surface area (Å²) in [6.45, 7) is 6.43. The highest BCUT2D eigenvalue weighted by Gasteiger charge is 2.08. The van der Waals surface area contributed by atoms with Gasteiger partial charge >= 0.3 is 0 Å². The predicted octanol–water partition coefficient (Wildman–Crippen LogP) is 4.82. The number of fused-ring (bicyclic) bond motifs is 1. The molecule has 1 aromatic carbocycles. The Morgan fingerprint density at radius 1 is 1.29 bits per heavy atom. The van der Waals surface area contributed by atoms with Gasteiger partial charge in [-0.15, -0.1) is 0 Å². The van der Waals surface area contributed by atoms with Crippen molar-refractivity contribution in [3.05, 3.63) is 29.7 Å². The van der Waals surface area contributed by atoms with Gasteiger partial charge in [0.05, 0.1) is 0 Å². The topological polar surface area (TPSA) is 26.0 Å². The van der Waals surface area contributed by atoms with E-state index in [0.717, 1.165) is 17.0 Å². The molecule has 1 unspecified atom stereocenters. The molecule has 2 nitrogen and oxygen atoms in total. The van der Waals surface area contributed by atoms with E-state index in [1.807, 2.05) is 6.92 Å². The minimum atomic E-state index is 0.608. The fourth-order valence-electron chi connectivity index (χ4n) is 2.23. The molecule has 0 fully saturated rings. The van der Waals surface area contributed by atoms with Crippen molar-refractivity contribution >= 4 is 11.1 Å². The maximum atomic E-state index is 5.57. The third-order valence-corrected chi connectivity index (χ3v) is 3.33. The van der Waals surface area contributed by atoms with Crippen LogP contribution in [0.5, 0.6) is 0 Å². The highest BCUT2D eigenvalue weighted by molar-refractivity contribution is 5.73. The first kappa shape index (κ1) is 12.2. The van der Waals surface area contributed by atoms with Crippen LogP contribution >= 0.6 is 0 Å². The molecule has 2 heteroatoms. The molecule has 0 radical (unpaired) electrons. The van der Waals surface area contributed by atoms with Crippen molar-refractivity contribution in [2.75, 3.05) is 0 Å². The lowest BCUT2D eigenvalue weighted by Gasteiger charge is -2.10. The van der Waals surface area contributed by atoms with Crippen LogP contribution < -0.4 is 0 Å². The van der Waals surface area contributed by atoms with E-state index in [-0.39, 0.29) is 0 Å². The molecule has 1 heterocycles. The zero-order valence-electron chi connectivity index (χ0n) is 11.0. The maximum absolute atomic E-state index is 5.57. The molecule has 0 spiro atoms. The first-order valence-electron chi connectivity index (χ1n) is 6.57. The van der Waals surface area contributed by atoms with Crippen molar-refractivity contribution in [3.63, 3.8) is 0 Å². The Bertz CT molecular complexity index is 487. The molecule has 0 saturated carbocycles. The van der Waals surface area contributed by atoms with Crippen LogP contribution in [0, 0.1) is 6.92 Å². The lowest BCUT2D eigenvalue weighted by molar-refractivity contribution is 0.558. The summed E-state index contributed by atoms with van der Waals surface area (Å²) in [6.07, 6.45) is 5.18. The molecule has 0 bridgehead atoms. The lowest BCUT2D eigenvalue weighted by Crippen LogP contribution is -1.93. The Hall–Kier alpha value is -1.31. The summed E-state index contributed by atoms with van der Waals surface area (Å²) in [7, 11) is 0. The molecule has 0 amide bonds. The SMILES string of the molecule is CCCCCC(C)c1ccc2nc(C)oc2c1. The molecule has 1 aromatic heterocycles. The molecule has 0 saturated heterocycles. The van der Waals surface area contributed by atoms with E-state index in [0.29, 0.717) is 5.92 Å². The number of hydrogen-bond donors (Lipinski definition) is 0. The number of unbranched alkanes of at least 4 members (excludes halogenated alkanes) is 2. The van der Waals surface area contributed by atoms with Gasteiger partial charge in [-0.05, 0) is 30.0 Å². The second-order valence-corrected chi connectivity index (χ2v) is 4.86. The second-order valence-electron chi connectivity index (χ2n) is 4.86. The van der Waals surface area contributed by atoms with Gasteiger partial charge in [0.15, 0.2) is 11.5 Å². The summed E-state index contributed by atoms with van der Waals surface area (Å²) in [6, 6.07) is 6.39. The Morgan fingerprint density at radius 2 is 2.12 bits per heavy atom. The van der Waals surface area contributed by atoms with Gasteiger partial charge in [-0.25, -0.2) is 4.98 Å². The van der Waals surface area contributed by atoms with Crippen LogP contribution in [0.25, 0.3) is 11.1 Å². The molecule has 92 valence electrons. The van der Waals surface area contributed by atoms with E-state index < -0.39 is 0 Å². The van der Waals surface area contributed by atoms with Gasteiger partial charge in [-0.1, -0.05) is 39.2 Å². The molecular formula is C15H21NO. The van der Waals surface area contributed by atoms with Crippen LogP contribution in [-0.4, -0.2) is 4.98 Å². The first-order valence-corrected chi connectivity index (χ1v) is 6.57. The smallest absolute Gasteiger partial charge is 0.192 e. The average Bonchev–Trinajstić information content (AvgIpc) is 2.68. The van der Waals surface area contributed by atoms with Crippen LogP contribution in [0.1, 0.15) is 56.9 Å². The molecule has 1 atom stereocenters. The number of aryl methyl sites for hydroxylation is 1. The number of benzene rings is 1. The Morgan fingerprint density at radius 3 is 2.88 bits per heavy atom. The molecule has 0 aliphatic rings. The summed E-state index contributed by atoms with van der Waals surface area (Å²) in [5, 5.41) is 0. The predicted molar refractivity (Wildman–Crippen MR) is 71.3 cm³/mol. The van der Waals surface area contributed by atoms with Gasteiger partial charge in [-0.3, -0.25) is 0 Å². The van der Waals surface area contributed by atoms with E-state index in [9.17, 15) is 0 Å². The van der Waals surface area contributed by atoms with Crippen LogP contribution in [0.2, 0.25) is 0 Å². The fraction of sp³-hybridized carbons (Fsp3) is 0.533. The molecular weight excluding hydrogens is 210 g/mol. The van der Waals surface area contributed by atoms with Crippen molar-refractivity contribution in [2.24, 2.45) is 0 Å². The minimum absolute atomic E-state index is 0.608. The number of aromatic nitrogens is 1.